The second-order valence-corrected chi connectivity index (χ2v) is 6.36. The van der Waals surface area contributed by atoms with Crippen LogP contribution in [0.4, 0.5) is 0 Å². The van der Waals surface area contributed by atoms with E-state index >= 15 is 0 Å². The van der Waals surface area contributed by atoms with Gasteiger partial charge in [0.25, 0.3) is 0 Å². The van der Waals surface area contributed by atoms with Crippen LogP contribution in [-0.4, -0.2) is 38.2 Å². The van der Waals surface area contributed by atoms with Crippen LogP contribution in [0.5, 0.6) is 0 Å². The van der Waals surface area contributed by atoms with Gasteiger partial charge in [-0.1, -0.05) is 30.3 Å². The molecule has 3 N–H and O–H groups in total. The topological polar surface area (TPSA) is 65.0 Å². The van der Waals surface area contributed by atoms with Crippen LogP contribution >= 0.6 is 22.9 Å². The molecule has 1 aliphatic heterocycles. The number of benzene rings is 1. The summed E-state index contributed by atoms with van der Waals surface area (Å²) in [5.74, 6) is 0. The van der Waals surface area contributed by atoms with Crippen LogP contribution in [0.25, 0.3) is 0 Å². The summed E-state index contributed by atoms with van der Waals surface area (Å²) in [7, 11) is 0. The highest BCUT2D eigenvalue weighted by atomic mass is 127. The highest BCUT2D eigenvalue weighted by Gasteiger charge is 2.28. The quantitative estimate of drug-likeness (QED) is 0.297. The lowest BCUT2D eigenvalue weighted by molar-refractivity contribution is -0.0624. The van der Waals surface area contributed by atoms with Crippen molar-refractivity contribution in [2.75, 3.05) is 6.54 Å². The van der Waals surface area contributed by atoms with Crippen molar-refractivity contribution in [3.8, 4) is 0 Å². The fraction of sp³-hybridized carbons (Fsp3) is 0.571. The smallest absolute Gasteiger partial charge is 0.152 e. The van der Waals surface area contributed by atoms with E-state index in [1.54, 1.807) is 0 Å². The molecule has 1 aromatic rings. The van der Waals surface area contributed by atoms with Gasteiger partial charge in [0.2, 0.25) is 0 Å². The second kappa shape index (κ2) is 8.26. The molecular weight excluding hydrogens is 371 g/mol. The third-order valence-electron chi connectivity index (χ3n) is 3.45. The number of halogens is 1. The average molecular weight is 392 g/mol. The first-order valence-corrected chi connectivity index (χ1v) is 7.81. The lowest BCUT2D eigenvalue weighted by atomic mass is 9.99. The summed E-state index contributed by atoms with van der Waals surface area (Å²) in [6.45, 7) is 1.39. The van der Waals surface area contributed by atoms with Gasteiger partial charge in [0, 0.05) is 47.9 Å². The third-order valence-corrected chi connectivity index (χ3v) is 4.64. The average Bonchev–Trinajstić information content (AvgIpc) is 2.43. The van der Waals surface area contributed by atoms with Crippen LogP contribution in [0.2, 0.25) is 0 Å². The molecule has 2 rings (SSSR count). The molecule has 0 aromatic heterocycles. The van der Waals surface area contributed by atoms with Gasteiger partial charge in [0.1, 0.15) is 0 Å². The SMILES string of the molecule is OC(O)C[C@@H]1CC[C@@H](NOCc2ccccc2)CN1I. The van der Waals surface area contributed by atoms with Crippen molar-refractivity contribution in [3.05, 3.63) is 35.9 Å². The van der Waals surface area contributed by atoms with Crippen LogP contribution in [0.3, 0.4) is 0 Å². The van der Waals surface area contributed by atoms with Crippen molar-refractivity contribution >= 4 is 22.9 Å². The van der Waals surface area contributed by atoms with Crippen LogP contribution in [0.1, 0.15) is 24.8 Å². The molecule has 1 aliphatic rings. The molecule has 0 radical (unpaired) electrons. The van der Waals surface area contributed by atoms with Gasteiger partial charge in [-0.3, -0.25) is 4.84 Å². The Bertz CT molecular complexity index is 391. The summed E-state index contributed by atoms with van der Waals surface area (Å²) < 4.78 is 2.13. The monoisotopic (exact) mass is 392 g/mol. The minimum atomic E-state index is -1.23. The highest BCUT2D eigenvalue weighted by molar-refractivity contribution is 14.1. The van der Waals surface area contributed by atoms with E-state index < -0.39 is 6.29 Å². The Hall–Kier alpha value is -0.250. The van der Waals surface area contributed by atoms with E-state index in [1.165, 1.54) is 0 Å². The summed E-state index contributed by atoms with van der Waals surface area (Å²) in [4.78, 5) is 5.55. The summed E-state index contributed by atoms with van der Waals surface area (Å²) >= 11 is 2.25. The molecule has 1 fully saturated rings. The molecule has 2 atom stereocenters. The number of hydrogen-bond donors (Lipinski definition) is 3. The van der Waals surface area contributed by atoms with Crippen LogP contribution in [0, 0.1) is 0 Å². The molecule has 5 nitrogen and oxygen atoms in total. The first-order valence-electron chi connectivity index (χ1n) is 6.85. The number of nitrogens with zero attached hydrogens (tertiary/aromatic N) is 1. The number of aliphatic hydroxyl groups excluding tert-OH is 1. The molecule has 0 bridgehead atoms. The zero-order valence-electron chi connectivity index (χ0n) is 11.3. The maximum absolute atomic E-state index is 9.04. The molecule has 0 unspecified atom stereocenters. The zero-order valence-corrected chi connectivity index (χ0v) is 13.4. The van der Waals surface area contributed by atoms with E-state index in [9.17, 15) is 0 Å². The molecule has 0 spiro atoms. The Morgan fingerprint density at radius 3 is 2.70 bits per heavy atom. The maximum Gasteiger partial charge on any atom is 0.152 e. The van der Waals surface area contributed by atoms with Gasteiger partial charge < -0.3 is 10.2 Å². The van der Waals surface area contributed by atoms with Gasteiger partial charge in [-0.15, -0.1) is 0 Å². The normalized spacial score (nSPS) is 24.2. The molecule has 20 heavy (non-hydrogen) atoms. The number of rotatable bonds is 6. The number of hydroxylamine groups is 1. The number of piperidine rings is 1. The van der Waals surface area contributed by atoms with Gasteiger partial charge in [0.05, 0.1) is 6.61 Å². The molecule has 0 saturated carbocycles. The Balaban J connectivity index is 1.68. The summed E-state index contributed by atoms with van der Waals surface area (Å²) in [6.07, 6.45) is 1.09. The zero-order chi connectivity index (χ0) is 14.4. The lowest BCUT2D eigenvalue weighted by Crippen LogP contribution is -2.47. The summed E-state index contributed by atoms with van der Waals surface area (Å²) in [5.41, 5.74) is 4.24. The summed E-state index contributed by atoms with van der Waals surface area (Å²) in [5, 5.41) is 18.1. The van der Waals surface area contributed by atoms with Gasteiger partial charge >= 0.3 is 0 Å². The molecule has 112 valence electrons. The third kappa shape index (κ3) is 5.27. The van der Waals surface area contributed by atoms with Crippen LogP contribution < -0.4 is 5.48 Å². The van der Waals surface area contributed by atoms with Crippen molar-refractivity contribution in [2.45, 2.75) is 44.2 Å². The predicted molar refractivity (Wildman–Crippen MR) is 84.7 cm³/mol. The molecule has 0 amide bonds. The Kier molecular flexibility index (Phi) is 6.66. The van der Waals surface area contributed by atoms with Gasteiger partial charge in [-0.25, -0.2) is 3.11 Å². The van der Waals surface area contributed by atoms with Crippen molar-refractivity contribution in [1.82, 2.24) is 8.59 Å². The molecule has 0 aliphatic carbocycles. The largest absolute Gasteiger partial charge is 0.368 e. The predicted octanol–water partition coefficient (Wildman–Crippen LogP) is 1.59. The molecule has 1 aromatic carbocycles. The van der Waals surface area contributed by atoms with E-state index in [-0.39, 0.29) is 12.1 Å². The fourth-order valence-corrected chi connectivity index (χ4v) is 3.35. The number of aliphatic hydroxyl groups is 2. The standard InChI is InChI=1S/C14H21IN2O3/c15-17-9-12(6-7-13(17)8-14(18)19)16-20-10-11-4-2-1-3-5-11/h1-5,12-14,16,18-19H,6-10H2/t12-,13+/m1/s1. The number of hydrogen-bond acceptors (Lipinski definition) is 5. The van der Waals surface area contributed by atoms with E-state index in [0.29, 0.717) is 13.0 Å². The minimum Gasteiger partial charge on any atom is -0.368 e. The second-order valence-electron chi connectivity index (χ2n) is 5.12. The first kappa shape index (κ1) is 16.1. The molecule has 1 heterocycles. The minimum absolute atomic E-state index is 0.225. The van der Waals surface area contributed by atoms with E-state index in [4.69, 9.17) is 15.1 Å². The van der Waals surface area contributed by atoms with E-state index in [2.05, 4.69) is 31.5 Å². The Morgan fingerprint density at radius 2 is 2.05 bits per heavy atom. The molecular formula is C14H21IN2O3. The van der Waals surface area contributed by atoms with Crippen molar-refractivity contribution in [1.29, 1.82) is 0 Å². The lowest BCUT2D eigenvalue weighted by Gasteiger charge is -2.35. The maximum atomic E-state index is 9.04. The van der Waals surface area contributed by atoms with Gasteiger partial charge in [0.15, 0.2) is 6.29 Å². The van der Waals surface area contributed by atoms with Crippen LogP contribution in [-0.2, 0) is 11.4 Å². The van der Waals surface area contributed by atoms with E-state index in [0.717, 1.165) is 24.9 Å². The highest BCUT2D eigenvalue weighted by Crippen LogP contribution is 2.24. The first-order chi connectivity index (χ1) is 9.65. The van der Waals surface area contributed by atoms with Crippen molar-refractivity contribution < 1.29 is 15.1 Å². The van der Waals surface area contributed by atoms with Gasteiger partial charge in [-0.05, 0) is 18.4 Å². The fourth-order valence-electron chi connectivity index (χ4n) is 2.37. The summed E-state index contributed by atoms with van der Waals surface area (Å²) in [6, 6.07) is 10.6. The Morgan fingerprint density at radius 1 is 1.30 bits per heavy atom. The van der Waals surface area contributed by atoms with Gasteiger partial charge in [-0.2, -0.15) is 5.48 Å². The van der Waals surface area contributed by atoms with Crippen molar-refractivity contribution in [2.24, 2.45) is 0 Å². The van der Waals surface area contributed by atoms with Crippen LogP contribution in [0.15, 0.2) is 30.3 Å². The van der Waals surface area contributed by atoms with Crippen molar-refractivity contribution in [3.63, 3.8) is 0 Å². The Labute approximate surface area is 133 Å². The van der Waals surface area contributed by atoms with E-state index in [1.807, 2.05) is 30.3 Å². The molecule has 1 saturated heterocycles. The molecule has 6 heteroatoms. The number of nitrogens with one attached hydrogen (secondary N) is 1.